The first kappa shape index (κ1) is 49.9. The van der Waals surface area contributed by atoms with Crippen LogP contribution >= 0.6 is 0 Å². The number of nitrogens with zero attached hydrogens (tertiary/aromatic N) is 4. The van der Waals surface area contributed by atoms with E-state index in [0.29, 0.717) is 48.8 Å². The lowest BCUT2D eigenvalue weighted by Crippen LogP contribution is -2.45. The minimum absolute atomic E-state index is 0.0498. The molecule has 1 saturated heterocycles. The van der Waals surface area contributed by atoms with Crippen molar-refractivity contribution >= 4 is 61.3 Å². The SMILES string of the molecule is COc1cc2c(cc1OCCCOc1cc3c(cc1C)C(=O)N1CC(OS(=O)(=O)C(F)(F)F)C[C@H]1C(=O)N3COCC[Si](C)(C)C)N(COCC[Si](C)(C)C)C(=O)[C@@H]1CC(C)=CN1C2=O. The molecule has 6 rings (SSSR count). The summed E-state index contributed by atoms with van der Waals surface area (Å²) in [6.45, 7) is 16.8. The van der Waals surface area contributed by atoms with Gasteiger partial charge in [0.15, 0.2) is 11.5 Å². The number of amides is 4. The van der Waals surface area contributed by atoms with E-state index in [9.17, 15) is 40.8 Å². The zero-order chi connectivity index (χ0) is 47.8. The zero-order valence-corrected chi connectivity index (χ0v) is 41.2. The number of anilines is 2. The number of rotatable bonds is 19. The van der Waals surface area contributed by atoms with Crippen LogP contribution in [0.15, 0.2) is 36.0 Å². The fourth-order valence-electron chi connectivity index (χ4n) is 7.84. The zero-order valence-electron chi connectivity index (χ0n) is 38.3. The van der Waals surface area contributed by atoms with E-state index in [2.05, 4.69) is 43.5 Å². The molecule has 0 aromatic heterocycles. The van der Waals surface area contributed by atoms with Crippen LogP contribution < -0.4 is 24.0 Å². The van der Waals surface area contributed by atoms with E-state index < -0.39 is 74.7 Å². The average Bonchev–Trinajstić information content (AvgIpc) is 3.78. The highest BCUT2D eigenvalue weighted by molar-refractivity contribution is 7.87. The lowest BCUT2D eigenvalue weighted by atomic mass is 10.1. The molecule has 0 aliphatic carbocycles. The Hall–Kier alpha value is -4.49. The molecule has 4 aliphatic rings. The number of benzene rings is 2. The molecule has 1 fully saturated rings. The predicted octanol–water partition coefficient (Wildman–Crippen LogP) is 6.74. The largest absolute Gasteiger partial charge is 0.523 e. The van der Waals surface area contributed by atoms with Crippen LogP contribution in [0, 0.1) is 6.92 Å². The maximum absolute atomic E-state index is 14.2. The predicted molar refractivity (Wildman–Crippen MR) is 240 cm³/mol. The van der Waals surface area contributed by atoms with Crippen LogP contribution in [0.5, 0.6) is 17.2 Å². The van der Waals surface area contributed by atoms with E-state index in [1.807, 2.05) is 6.92 Å². The Balaban J connectivity index is 1.19. The Morgan fingerprint density at radius 3 is 1.82 bits per heavy atom. The average molecular weight is 969 g/mol. The molecule has 0 bridgehead atoms. The van der Waals surface area contributed by atoms with E-state index in [-0.39, 0.29) is 61.1 Å². The summed E-state index contributed by atoms with van der Waals surface area (Å²) in [5.41, 5.74) is -3.44. The molecule has 4 heterocycles. The number of alkyl halides is 3. The molecule has 65 heavy (non-hydrogen) atoms. The molecule has 3 atom stereocenters. The van der Waals surface area contributed by atoms with E-state index in [1.165, 1.54) is 27.9 Å². The summed E-state index contributed by atoms with van der Waals surface area (Å²) < 4.78 is 97.8. The maximum Gasteiger partial charge on any atom is 0.523 e. The Labute approximate surface area is 380 Å². The molecule has 0 radical (unpaired) electrons. The number of hydrogen-bond donors (Lipinski definition) is 0. The van der Waals surface area contributed by atoms with Crippen LogP contribution in [-0.4, -0.2) is 135 Å². The molecule has 358 valence electrons. The molecule has 4 aliphatic heterocycles. The van der Waals surface area contributed by atoms with Crippen LogP contribution in [0.3, 0.4) is 0 Å². The van der Waals surface area contributed by atoms with Crippen molar-refractivity contribution in [2.24, 2.45) is 0 Å². The van der Waals surface area contributed by atoms with Gasteiger partial charge in [0.1, 0.15) is 31.3 Å². The van der Waals surface area contributed by atoms with Gasteiger partial charge in [-0.15, -0.1) is 0 Å². The third kappa shape index (κ3) is 11.4. The number of halogens is 3. The minimum atomic E-state index is -5.99. The topological polar surface area (TPSA) is 171 Å². The van der Waals surface area contributed by atoms with E-state index in [0.717, 1.165) is 22.6 Å². The van der Waals surface area contributed by atoms with Gasteiger partial charge in [-0.05, 0) is 50.1 Å². The highest BCUT2D eigenvalue weighted by atomic mass is 32.2. The molecule has 0 saturated carbocycles. The van der Waals surface area contributed by atoms with Crippen molar-refractivity contribution < 1.29 is 68.6 Å². The van der Waals surface area contributed by atoms with Crippen molar-refractivity contribution in [1.29, 1.82) is 0 Å². The van der Waals surface area contributed by atoms with Crippen molar-refractivity contribution in [3.63, 3.8) is 0 Å². The molecule has 0 spiro atoms. The number of carbonyl (C=O) groups is 4. The van der Waals surface area contributed by atoms with Crippen LogP contribution in [0.1, 0.15) is 52.5 Å². The Kier molecular flexibility index (Phi) is 14.9. The van der Waals surface area contributed by atoms with Gasteiger partial charge in [-0.2, -0.15) is 21.6 Å². The van der Waals surface area contributed by atoms with Gasteiger partial charge in [0.2, 0.25) is 0 Å². The highest BCUT2D eigenvalue weighted by Gasteiger charge is 2.53. The summed E-state index contributed by atoms with van der Waals surface area (Å²) in [6, 6.07) is 5.87. The molecule has 22 heteroatoms. The second kappa shape index (κ2) is 19.4. The Morgan fingerprint density at radius 2 is 1.26 bits per heavy atom. The van der Waals surface area contributed by atoms with Crippen LogP contribution in [0.4, 0.5) is 24.5 Å². The normalized spacial score (nSPS) is 20.3. The van der Waals surface area contributed by atoms with Gasteiger partial charge in [-0.25, -0.2) is 0 Å². The fraction of sp³-hybridized carbons (Fsp3) is 0.581. The quantitative estimate of drug-likeness (QED) is 0.0630. The third-order valence-corrected chi connectivity index (χ3v) is 16.0. The van der Waals surface area contributed by atoms with Gasteiger partial charge in [-0.1, -0.05) is 44.9 Å². The first-order valence-electron chi connectivity index (χ1n) is 21.5. The standard InChI is InChI=1S/C43H59F3N4O12SSi2/c1-27-17-34-41(53)50(26-59-14-16-65(7,8)9)33-22-38(37(57-3)20-31(33)40(52)47(34)23-27)61-12-10-11-60-36-21-32-30(18-28(36)2)39(51)48-24-29(62-63(55,56)43(44,45)46)19-35(48)42(54)49(32)25-58-13-15-64(4,5)6/h18,20-23,29,34-35H,10-17,19,24-26H2,1-9H3/t29?,34-,35-/m0/s1. The molecule has 2 aromatic carbocycles. The van der Waals surface area contributed by atoms with E-state index >= 15 is 0 Å². The number of ether oxygens (including phenoxy) is 5. The second-order valence-electron chi connectivity index (χ2n) is 19.2. The van der Waals surface area contributed by atoms with Crippen molar-refractivity contribution in [3.05, 3.63) is 52.7 Å². The van der Waals surface area contributed by atoms with E-state index in [1.54, 1.807) is 31.3 Å². The molecule has 4 amide bonds. The van der Waals surface area contributed by atoms with Gasteiger partial charge in [0.25, 0.3) is 23.6 Å². The van der Waals surface area contributed by atoms with Gasteiger partial charge >= 0.3 is 15.6 Å². The molecule has 16 nitrogen and oxygen atoms in total. The molecule has 2 aromatic rings. The summed E-state index contributed by atoms with van der Waals surface area (Å²) in [4.78, 5) is 61.4. The number of carbonyl (C=O) groups excluding carboxylic acids is 4. The number of methoxy groups -OCH3 is 1. The van der Waals surface area contributed by atoms with Crippen molar-refractivity contribution in [1.82, 2.24) is 9.80 Å². The summed E-state index contributed by atoms with van der Waals surface area (Å²) in [7, 11) is -7.52. The summed E-state index contributed by atoms with van der Waals surface area (Å²) in [6.07, 6.45) is 0.359. The summed E-state index contributed by atoms with van der Waals surface area (Å²) in [5.74, 6) is -1.07. The third-order valence-electron chi connectivity index (χ3n) is 11.5. The number of fused-ring (bicyclic) bond motifs is 4. The Bertz CT molecular complexity index is 2320. The smallest absolute Gasteiger partial charge is 0.493 e. The van der Waals surface area contributed by atoms with Crippen LogP contribution in [0.25, 0.3) is 0 Å². The van der Waals surface area contributed by atoms with Gasteiger partial charge < -0.3 is 33.5 Å². The van der Waals surface area contributed by atoms with Crippen molar-refractivity contribution in [2.75, 3.05) is 63.3 Å². The van der Waals surface area contributed by atoms with Gasteiger partial charge in [0, 0.05) is 67.1 Å². The monoisotopic (exact) mass is 968 g/mol. The van der Waals surface area contributed by atoms with Gasteiger partial charge in [-0.3, -0.25) is 33.2 Å². The fourth-order valence-corrected chi connectivity index (χ4v) is 9.96. The van der Waals surface area contributed by atoms with Crippen molar-refractivity contribution in [2.45, 2.75) is 108 Å². The Morgan fingerprint density at radius 1 is 0.723 bits per heavy atom. The lowest BCUT2D eigenvalue weighted by molar-refractivity contribution is -0.123. The van der Waals surface area contributed by atoms with Crippen molar-refractivity contribution in [3.8, 4) is 17.2 Å². The lowest BCUT2D eigenvalue weighted by Gasteiger charge is -2.27. The van der Waals surface area contributed by atoms with Gasteiger partial charge in [0.05, 0.1) is 48.9 Å². The molecular weight excluding hydrogens is 910 g/mol. The van der Waals surface area contributed by atoms with Crippen LogP contribution in [0.2, 0.25) is 51.4 Å². The highest BCUT2D eigenvalue weighted by Crippen LogP contribution is 2.42. The summed E-state index contributed by atoms with van der Waals surface area (Å²) in [5, 5.41) is 0. The van der Waals surface area contributed by atoms with Crippen LogP contribution in [-0.2, 0) is 33.4 Å². The second-order valence-corrected chi connectivity index (χ2v) is 32.0. The maximum atomic E-state index is 14.2. The first-order valence-corrected chi connectivity index (χ1v) is 30.3. The molecule has 0 N–H and O–H groups in total. The number of hydrogen-bond acceptors (Lipinski definition) is 12. The molecular formula is C43H59F3N4O12SSi2. The number of aryl methyl sites for hydroxylation is 1. The molecule has 1 unspecified atom stereocenters. The van der Waals surface area contributed by atoms with E-state index in [4.69, 9.17) is 23.7 Å². The minimum Gasteiger partial charge on any atom is -0.493 e. The first-order chi connectivity index (χ1) is 30.3. The summed E-state index contributed by atoms with van der Waals surface area (Å²) >= 11 is 0.